The number of hydrogen-bond acceptors (Lipinski definition) is 6. The Hall–Kier alpha value is -1.95. The second-order valence-electron chi connectivity index (χ2n) is 4.46. The van der Waals surface area contributed by atoms with Gasteiger partial charge in [-0.1, -0.05) is 5.16 Å². The summed E-state index contributed by atoms with van der Waals surface area (Å²) in [5, 5.41) is 8.23. The number of anilines is 1. The van der Waals surface area contributed by atoms with E-state index >= 15 is 0 Å². The van der Waals surface area contributed by atoms with Crippen LogP contribution >= 0.6 is 11.3 Å². The predicted molar refractivity (Wildman–Crippen MR) is 75.4 cm³/mol. The van der Waals surface area contributed by atoms with E-state index in [-0.39, 0.29) is 6.04 Å². The van der Waals surface area contributed by atoms with Crippen LogP contribution in [0.4, 0.5) is 5.69 Å². The SMILES string of the molecule is Cc1noc([C@@H](C)Nc2ccc3nc(C)sc3c2)n1. The molecule has 98 valence electrons. The third-order valence-electron chi connectivity index (χ3n) is 2.79. The van der Waals surface area contributed by atoms with Gasteiger partial charge in [-0.3, -0.25) is 0 Å². The molecule has 1 N–H and O–H groups in total. The van der Waals surface area contributed by atoms with Crippen molar-refractivity contribution in [3.63, 3.8) is 0 Å². The van der Waals surface area contributed by atoms with Gasteiger partial charge in [-0.05, 0) is 39.0 Å². The highest BCUT2D eigenvalue weighted by atomic mass is 32.1. The number of fused-ring (bicyclic) bond motifs is 1. The molecule has 19 heavy (non-hydrogen) atoms. The molecule has 2 aromatic heterocycles. The molecular weight excluding hydrogens is 260 g/mol. The zero-order valence-electron chi connectivity index (χ0n) is 11.0. The van der Waals surface area contributed by atoms with Gasteiger partial charge in [-0.15, -0.1) is 11.3 Å². The second kappa shape index (κ2) is 4.62. The number of thiazole rings is 1. The largest absolute Gasteiger partial charge is 0.374 e. The highest BCUT2D eigenvalue weighted by Crippen LogP contribution is 2.26. The first-order valence-electron chi connectivity index (χ1n) is 6.06. The van der Waals surface area contributed by atoms with Crippen molar-refractivity contribution in [2.24, 2.45) is 0 Å². The number of hydrogen-bond donors (Lipinski definition) is 1. The minimum Gasteiger partial charge on any atom is -0.374 e. The third kappa shape index (κ3) is 2.44. The molecule has 0 radical (unpaired) electrons. The molecule has 3 rings (SSSR count). The molecule has 2 heterocycles. The van der Waals surface area contributed by atoms with E-state index in [0.29, 0.717) is 11.7 Å². The van der Waals surface area contributed by atoms with E-state index in [1.54, 1.807) is 11.3 Å². The molecule has 0 bridgehead atoms. The van der Waals surface area contributed by atoms with E-state index in [1.165, 1.54) is 4.70 Å². The topological polar surface area (TPSA) is 63.8 Å². The monoisotopic (exact) mass is 274 g/mol. The van der Waals surface area contributed by atoms with Crippen molar-refractivity contribution in [3.8, 4) is 0 Å². The molecule has 0 saturated heterocycles. The second-order valence-corrected chi connectivity index (χ2v) is 5.70. The van der Waals surface area contributed by atoms with Crippen molar-refractivity contribution in [1.29, 1.82) is 0 Å². The van der Waals surface area contributed by atoms with Gasteiger partial charge in [0, 0.05) is 5.69 Å². The zero-order chi connectivity index (χ0) is 13.4. The molecule has 0 saturated carbocycles. The van der Waals surface area contributed by atoms with Crippen LogP contribution in [0.2, 0.25) is 0 Å². The van der Waals surface area contributed by atoms with Crippen LogP contribution < -0.4 is 5.32 Å². The highest BCUT2D eigenvalue weighted by molar-refractivity contribution is 7.18. The number of nitrogens with one attached hydrogen (secondary N) is 1. The van der Waals surface area contributed by atoms with Crippen LogP contribution in [0.5, 0.6) is 0 Å². The van der Waals surface area contributed by atoms with Gasteiger partial charge in [0.25, 0.3) is 0 Å². The van der Waals surface area contributed by atoms with Crippen molar-refractivity contribution in [3.05, 3.63) is 34.9 Å². The maximum absolute atomic E-state index is 5.16. The summed E-state index contributed by atoms with van der Waals surface area (Å²) in [5.41, 5.74) is 2.06. The Morgan fingerprint density at radius 2 is 2.11 bits per heavy atom. The van der Waals surface area contributed by atoms with Crippen molar-refractivity contribution in [2.45, 2.75) is 26.8 Å². The summed E-state index contributed by atoms with van der Waals surface area (Å²) in [6, 6.07) is 6.11. The van der Waals surface area contributed by atoms with Crippen molar-refractivity contribution >= 4 is 27.2 Å². The summed E-state index contributed by atoms with van der Waals surface area (Å²) in [6.45, 7) is 5.82. The first-order valence-corrected chi connectivity index (χ1v) is 6.87. The van der Waals surface area contributed by atoms with Gasteiger partial charge in [0.05, 0.1) is 15.2 Å². The summed E-state index contributed by atoms with van der Waals surface area (Å²) in [6.07, 6.45) is 0. The maximum atomic E-state index is 5.16. The van der Waals surface area contributed by atoms with Gasteiger partial charge < -0.3 is 9.84 Å². The number of aryl methyl sites for hydroxylation is 2. The van der Waals surface area contributed by atoms with Gasteiger partial charge >= 0.3 is 0 Å². The molecule has 0 fully saturated rings. The lowest BCUT2D eigenvalue weighted by molar-refractivity contribution is 0.364. The first kappa shape index (κ1) is 12.1. The quantitative estimate of drug-likeness (QED) is 0.792. The van der Waals surface area contributed by atoms with E-state index in [4.69, 9.17) is 4.52 Å². The molecule has 1 aromatic carbocycles. The Kier molecular flexibility index (Phi) is 2.94. The van der Waals surface area contributed by atoms with E-state index in [1.807, 2.05) is 32.9 Å². The van der Waals surface area contributed by atoms with E-state index in [2.05, 4.69) is 26.5 Å². The smallest absolute Gasteiger partial charge is 0.248 e. The normalized spacial score (nSPS) is 12.8. The first-order chi connectivity index (χ1) is 9.11. The van der Waals surface area contributed by atoms with Gasteiger partial charge in [-0.25, -0.2) is 4.98 Å². The number of aromatic nitrogens is 3. The minimum atomic E-state index is -0.0207. The van der Waals surface area contributed by atoms with Gasteiger partial charge in [0.2, 0.25) is 5.89 Å². The lowest BCUT2D eigenvalue weighted by Crippen LogP contribution is -2.06. The Bertz CT molecular complexity index is 718. The molecule has 0 aliphatic heterocycles. The van der Waals surface area contributed by atoms with E-state index < -0.39 is 0 Å². The fourth-order valence-corrected chi connectivity index (χ4v) is 2.80. The summed E-state index contributed by atoms with van der Waals surface area (Å²) in [7, 11) is 0. The molecule has 0 aliphatic rings. The molecular formula is C13H14N4OS. The van der Waals surface area contributed by atoms with Crippen LogP contribution in [0.3, 0.4) is 0 Å². The van der Waals surface area contributed by atoms with Crippen LogP contribution in [0.25, 0.3) is 10.2 Å². The van der Waals surface area contributed by atoms with Gasteiger partial charge in [0.15, 0.2) is 5.82 Å². The van der Waals surface area contributed by atoms with E-state index in [0.717, 1.165) is 16.2 Å². The number of nitrogens with zero attached hydrogens (tertiary/aromatic N) is 3. The number of rotatable bonds is 3. The molecule has 0 amide bonds. The van der Waals surface area contributed by atoms with Crippen molar-refractivity contribution < 1.29 is 4.52 Å². The fraction of sp³-hybridized carbons (Fsp3) is 0.308. The molecule has 0 unspecified atom stereocenters. The minimum absolute atomic E-state index is 0.0207. The lowest BCUT2D eigenvalue weighted by atomic mass is 10.2. The average Bonchev–Trinajstić information content (AvgIpc) is 2.93. The summed E-state index contributed by atoms with van der Waals surface area (Å²) >= 11 is 1.69. The molecule has 0 spiro atoms. The van der Waals surface area contributed by atoms with Crippen LogP contribution in [0.1, 0.15) is 29.7 Å². The number of benzene rings is 1. The predicted octanol–water partition coefficient (Wildman–Crippen LogP) is 3.47. The molecule has 5 nitrogen and oxygen atoms in total. The van der Waals surface area contributed by atoms with Gasteiger partial charge in [0.1, 0.15) is 6.04 Å². The van der Waals surface area contributed by atoms with Crippen LogP contribution in [0, 0.1) is 13.8 Å². The average molecular weight is 274 g/mol. The third-order valence-corrected chi connectivity index (χ3v) is 3.73. The van der Waals surface area contributed by atoms with Gasteiger partial charge in [-0.2, -0.15) is 4.98 Å². The highest BCUT2D eigenvalue weighted by Gasteiger charge is 2.13. The van der Waals surface area contributed by atoms with Crippen LogP contribution in [-0.4, -0.2) is 15.1 Å². The van der Waals surface area contributed by atoms with Crippen LogP contribution in [-0.2, 0) is 0 Å². The molecule has 6 heteroatoms. The van der Waals surface area contributed by atoms with Crippen molar-refractivity contribution in [1.82, 2.24) is 15.1 Å². The Morgan fingerprint density at radius 3 is 2.84 bits per heavy atom. The molecule has 0 aliphatic carbocycles. The van der Waals surface area contributed by atoms with Crippen LogP contribution in [0.15, 0.2) is 22.7 Å². The summed E-state index contributed by atoms with van der Waals surface area (Å²) < 4.78 is 6.33. The lowest BCUT2D eigenvalue weighted by Gasteiger charge is -2.10. The molecule has 1 atom stereocenters. The summed E-state index contributed by atoms with van der Waals surface area (Å²) in [5.74, 6) is 1.25. The maximum Gasteiger partial charge on any atom is 0.248 e. The molecule has 3 aromatic rings. The fourth-order valence-electron chi connectivity index (χ4n) is 1.93. The standard InChI is InChI=1S/C13H14N4OS/c1-7(13-15-8(2)17-18-13)14-10-4-5-11-12(6-10)19-9(3)16-11/h4-7,14H,1-3H3/t7-/m1/s1. The van der Waals surface area contributed by atoms with E-state index in [9.17, 15) is 0 Å². The summed E-state index contributed by atoms with van der Waals surface area (Å²) in [4.78, 5) is 8.67. The Labute approximate surface area is 114 Å². The van der Waals surface area contributed by atoms with Crippen molar-refractivity contribution in [2.75, 3.05) is 5.32 Å². The Balaban J connectivity index is 1.84. The zero-order valence-corrected chi connectivity index (χ0v) is 11.8. The Morgan fingerprint density at radius 1 is 1.26 bits per heavy atom.